The van der Waals surface area contributed by atoms with E-state index in [1.807, 2.05) is 20.8 Å². The molecule has 0 aliphatic rings. The van der Waals surface area contributed by atoms with Crippen molar-refractivity contribution in [3.05, 3.63) is 18.2 Å². The van der Waals surface area contributed by atoms with E-state index in [4.69, 9.17) is 13.3 Å². The molecule has 1 rings (SSSR count). The highest BCUT2D eigenvalue weighted by Crippen LogP contribution is 2.23. The molecule has 18 heavy (non-hydrogen) atoms. The quantitative estimate of drug-likeness (QED) is 0.579. The first-order valence-electron chi connectivity index (χ1n) is 6.03. The molecule has 102 valence electrons. The van der Waals surface area contributed by atoms with Crippen LogP contribution in [0, 0.1) is 0 Å². The summed E-state index contributed by atoms with van der Waals surface area (Å²) in [7, 11) is -3.00. The maximum absolute atomic E-state index is 9.57. The molecule has 0 bridgehead atoms. The van der Waals surface area contributed by atoms with Crippen molar-refractivity contribution in [3.8, 4) is 11.5 Å². The Balaban J connectivity index is 3.16. The van der Waals surface area contributed by atoms with Crippen molar-refractivity contribution in [1.82, 2.24) is 0 Å². The van der Waals surface area contributed by atoms with Gasteiger partial charge in [0.2, 0.25) is 0 Å². The lowest BCUT2D eigenvalue weighted by atomic mass is 10.3. The second-order valence-corrected chi connectivity index (χ2v) is 6.11. The van der Waals surface area contributed by atoms with Gasteiger partial charge in [-0.15, -0.1) is 0 Å². The molecule has 0 amide bonds. The van der Waals surface area contributed by atoms with Crippen LogP contribution in [0.25, 0.3) is 0 Å². The Labute approximate surface area is 108 Å². The average Bonchev–Trinajstić information content (AvgIpc) is 2.33. The summed E-state index contributed by atoms with van der Waals surface area (Å²) in [6.45, 7) is 6.94. The number of aromatic hydroxyl groups is 2. The lowest BCUT2D eigenvalue weighted by molar-refractivity contribution is 0.0858. The summed E-state index contributed by atoms with van der Waals surface area (Å²) >= 11 is 0. The highest BCUT2D eigenvalue weighted by atomic mass is 28.4. The molecule has 0 aromatic heterocycles. The van der Waals surface area contributed by atoms with E-state index in [1.54, 1.807) is 6.07 Å². The number of benzene rings is 1. The molecule has 0 aliphatic heterocycles. The predicted octanol–water partition coefficient (Wildman–Crippen LogP) is 1.35. The number of phenols is 2. The topological polar surface area (TPSA) is 68.2 Å². The largest absolute Gasteiger partial charge is 0.537 e. The summed E-state index contributed by atoms with van der Waals surface area (Å²) in [4.78, 5) is 0. The molecule has 0 saturated carbocycles. The molecule has 1 aromatic rings. The van der Waals surface area contributed by atoms with E-state index in [0.717, 1.165) is 0 Å². The molecule has 0 aliphatic carbocycles. The van der Waals surface area contributed by atoms with Crippen molar-refractivity contribution < 1.29 is 23.5 Å². The molecule has 0 heterocycles. The van der Waals surface area contributed by atoms with Crippen molar-refractivity contribution in [2.75, 3.05) is 19.8 Å². The monoisotopic (exact) mass is 272 g/mol. The van der Waals surface area contributed by atoms with Crippen LogP contribution < -0.4 is 5.19 Å². The summed E-state index contributed by atoms with van der Waals surface area (Å²) < 4.78 is 17.1. The number of hydrogen-bond acceptors (Lipinski definition) is 5. The Kier molecular flexibility index (Phi) is 5.61. The Hall–Kier alpha value is -1.08. The summed E-state index contributed by atoms with van der Waals surface area (Å²) in [6.07, 6.45) is 0. The van der Waals surface area contributed by atoms with E-state index in [9.17, 15) is 10.2 Å². The van der Waals surface area contributed by atoms with E-state index in [0.29, 0.717) is 25.0 Å². The van der Waals surface area contributed by atoms with E-state index in [2.05, 4.69) is 0 Å². The first-order valence-corrected chi connectivity index (χ1v) is 7.76. The van der Waals surface area contributed by atoms with E-state index < -0.39 is 8.80 Å². The zero-order valence-corrected chi connectivity index (χ0v) is 12.0. The molecule has 0 radical (unpaired) electrons. The number of rotatable bonds is 7. The lowest BCUT2D eigenvalue weighted by Gasteiger charge is -2.28. The average molecular weight is 272 g/mol. The van der Waals surface area contributed by atoms with E-state index in [1.165, 1.54) is 12.1 Å². The van der Waals surface area contributed by atoms with Crippen molar-refractivity contribution in [2.45, 2.75) is 20.8 Å². The SMILES string of the molecule is CCO[Si](OCC)(OCC)c1ccc(O)c(O)c1. The summed E-state index contributed by atoms with van der Waals surface area (Å²) in [5.74, 6) is -0.380. The van der Waals surface area contributed by atoms with E-state index >= 15 is 0 Å². The molecule has 5 nitrogen and oxygen atoms in total. The van der Waals surface area contributed by atoms with Crippen LogP contribution in [0.3, 0.4) is 0 Å². The summed E-state index contributed by atoms with van der Waals surface area (Å²) in [5, 5.41) is 19.6. The van der Waals surface area contributed by atoms with Crippen molar-refractivity contribution in [2.24, 2.45) is 0 Å². The van der Waals surface area contributed by atoms with Crippen LogP contribution in [-0.4, -0.2) is 38.8 Å². The van der Waals surface area contributed by atoms with Gasteiger partial charge in [-0.25, -0.2) is 0 Å². The molecule has 0 fully saturated rings. The van der Waals surface area contributed by atoms with Crippen LogP contribution in [0.1, 0.15) is 20.8 Å². The Morgan fingerprint density at radius 2 is 1.39 bits per heavy atom. The standard InChI is InChI=1S/C12H20O5Si/c1-4-15-18(16-5-2,17-6-3)10-7-8-11(13)12(14)9-10/h7-9,13-14H,4-6H2,1-3H3. The minimum Gasteiger partial charge on any atom is -0.504 e. The van der Waals surface area contributed by atoms with Crippen LogP contribution in [0.15, 0.2) is 18.2 Å². The van der Waals surface area contributed by atoms with Crippen LogP contribution in [-0.2, 0) is 13.3 Å². The maximum atomic E-state index is 9.57. The van der Waals surface area contributed by atoms with Gasteiger partial charge in [-0.2, -0.15) is 0 Å². The van der Waals surface area contributed by atoms with Crippen LogP contribution >= 0.6 is 0 Å². The van der Waals surface area contributed by atoms with Gasteiger partial charge in [0.15, 0.2) is 11.5 Å². The van der Waals surface area contributed by atoms with Gasteiger partial charge in [-0.05, 0) is 32.9 Å². The lowest BCUT2D eigenvalue weighted by Crippen LogP contribution is -2.56. The smallest absolute Gasteiger partial charge is 0.504 e. The second-order valence-electron chi connectivity index (χ2n) is 3.56. The van der Waals surface area contributed by atoms with E-state index in [-0.39, 0.29) is 11.5 Å². The van der Waals surface area contributed by atoms with Gasteiger partial charge in [0, 0.05) is 25.0 Å². The van der Waals surface area contributed by atoms with Gasteiger partial charge < -0.3 is 23.5 Å². The molecule has 2 N–H and O–H groups in total. The fourth-order valence-electron chi connectivity index (χ4n) is 1.66. The minimum atomic E-state index is -3.00. The van der Waals surface area contributed by atoms with Crippen molar-refractivity contribution in [1.29, 1.82) is 0 Å². The van der Waals surface area contributed by atoms with Crippen LogP contribution in [0.4, 0.5) is 0 Å². The molecule has 0 unspecified atom stereocenters. The Morgan fingerprint density at radius 1 is 0.889 bits per heavy atom. The zero-order valence-electron chi connectivity index (χ0n) is 11.0. The highest BCUT2D eigenvalue weighted by molar-refractivity contribution is 6.75. The number of hydrogen-bond donors (Lipinski definition) is 2. The highest BCUT2D eigenvalue weighted by Gasteiger charge is 2.43. The van der Waals surface area contributed by atoms with Crippen LogP contribution in [0.2, 0.25) is 0 Å². The third-order valence-corrected chi connectivity index (χ3v) is 5.36. The normalized spacial score (nSPS) is 11.7. The molecule has 0 atom stereocenters. The fourth-order valence-corrected chi connectivity index (χ4v) is 4.15. The van der Waals surface area contributed by atoms with Gasteiger partial charge in [0.25, 0.3) is 0 Å². The first kappa shape index (κ1) is 15.0. The summed E-state index contributed by atoms with van der Waals surface area (Å²) in [6, 6.07) is 4.49. The zero-order chi connectivity index (χ0) is 13.6. The second kappa shape index (κ2) is 6.74. The molecular formula is C12H20O5Si. The molecule has 1 aromatic carbocycles. The van der Waals surface area contributed by atoms with Gasteiger partial charge >= 0.3 is 8.80 Å². The van der Waals surface area contributed by atoms with Crippen LogP contribution in [0.5, 0.6) is 11.5 Å². The maximum Gasteiger partial charge on any atom is 0.537 e. The number of phenolic OH excluding ortho intramolecular Hbond substituents is 2. The first-order chi connectivity index (χ1) is 8.59. The van der Waals surface area contributed by atoms with Gasteiger partial charge in [-0.1, -0.05) is 6.07 Å². The van der Waals surface area contributed by atoms with Crippen molar-refractivity contribution in [3.63, 3.8) is 0 Å². The van der Waals surface area contributed by atoms with Gasteiger partial charge in [0.1, 0.15) is 0 Å². The molecular weight excluding hydrogens is 252 g/mol. The Bertz CT molecular complexity index is 366. The molecule has 0 spiro atoms. The summed E-state index contributed by atoms with van der Waals surface area (Å²) in [5.41, 5.74) is 0. The third kappa shape index (κ3) is 3.23. The predicted molar refractivity (Wildman–Crippen MR) is 70.0 cm³/mol. The third-order valence-electron chi connectivity index (χ3n) is 2.33. The Morgan fingerprint density at radius 3 is 1.78 bits per heavy atom. The van der Waals surface area contributed by atoms with Gasteiger partial charge in [-0.3, -0.25) is 0 Å². The fraction of sp³-hybridized carbons (Fsp3) is 0.500. The molecule has 0 saturated heterocycles. The van der Waals surface area contributed by atoms with Crippen molar-refractivity contribution >= 4 is 14.0 Å². The minimum absolute atomic E-state index is 0.175. The molecule has 6 heteroatoms. The van der Waals surface area contributed by atoms with Gasteiger partial charge in [0.05, 0.1) is 0 Å².